The molecule has 18 heavy (non-hydrogen) atoms. The average Bonchev–Trinajstić information content (AvgIpc) is 2.24. The van der Waals surface area contributed by atoms with Gasteiger partial charge in [-0.15, -0.1) is 0 Å². The summed E-state index contributed by atoms with van der Waals surface area (Å²) in [5, 5.41) is 3.11. The van der Waals surface area contributed by atoms with Gasteiger partial charge < -0.3 is 14.7 Å². The number of hydrogen-bond donors (Lipinski definition) is 3. The van der Waals surface area contributed by atoms with Crippen LogP contribution in [0.4, 0.5) is 0 Å². The zero-order valence-corrected chi connectivity index (χ0v) is 15.8. The highest BCUT2D eigenvalue weighted by atomic mass is 79.9. The van der Waals surface area contributed by atoms with E-state index in [0.29, 0.717) is 5.75 Å². The fourth-order valence-corrected chi connectivity index (χ4v) is 3.25. The zero-order valence-electron chi connectivity index (χ0n) is 10.1. The van der Waals surface area contributed by atoms with Gasteiger partial charge in [-0.1, -0.05) is 32.2 Å². The maximum atomic E-state index is 9.25. The topological polar surface area (TPSA) is 41.5 Å². The Morgan fingerprint density at radius 1 is 1.33 bits per heavy atom. The maximum Gasteiger partial charge on any atom is 0.291 e. The van der Waals surface area contributed by atoms with Crippen molar-refractivity contribution in [1.82, 2.24) is 5.32 Å². The Hall–Kier alpha value is 0.900. The lowest BCUT2D eigenvalue weighted by atomic mass is 10.3. The lowest BCUT2D eigenvalue weighted by Crippen LogP contribution is -2.09. The number of nitrogens with one attached hydrogen (secondary N) is 1. The van der Waals surface area contributed by atoms with Gasteiger partial charge in [-0.05, 0) is 68.9 Å². The van der Waals surface area contributed by atoms with E-state index in [1.165, 1.54) is 0 Å². The van der Waals surface area contributed by atoms with Gasteiger partial charge in [-0.25, -0.2) is 0 Å². The lowest BCUT2D eigenvalue weighted by molar-refractivity contribution is 0.501. The first-order valence-electron chi connectivity index (χ1n) is 5.21. The number of benzene rings is 1. The van der Waals surface area contributed by atoms with Crippen LogP contribution in [0.25, 0.3) is 0 Å². The van der Waals surface area contributed by atoms with Gasteiger partial charge in [0.15, 0.2) is 5.75 Å². The molecule has 8 heteroatoms. The fourth-order valence-electron chi connectivity index (χ4n) is 0.939. The molecule has 0 saturated heterocycles. The Bertz CT molecular complexity index is 393. The standard InChI is InChI=1S/C6H5Br2O2PS2.C4H11N/c7-4-2-1-3-5(8)6(4)10-11(9,12)13;1-3-5-4-2/h1-3H,(H2,9,12,13);5H,3-4H2,1-2H3. The molecule has 1 rings (SSSR count). The summed E-state index contributed by atoms with van der Waals surface area (Å²) in [6.45, 7) is 6.39. The molecule has 0 radical (unpaired) electrons. The van der Waals surface area contributed by atoms with Crippen LogP contribution in [0.2, 0.25) is 0 Å². The molecule has 0 amide bonds. The van der Waals surface area contributed by atoms with Crippen molar-refractivity contribution >= 4 is 61.6 Å². The molecule has 0 saturated carbocycles. The normalized spacial score (nSPS) is 13.2. The summed E-state index contributed by atoms with van der Waals surface area (Å²) in [6, 6.07) is 5.41. The van der Waals surface area contributed by atoms with E-state index in [2.05, 4.69) is 75.1 Å². The third kappa shape index (κ3) is 8.91. The van der Waals surface area contributed by atoms with Gasteiger partial charge in [0, 0.05) is 0 Å². The first kappa shape index (κ1) is 18.9. The third-order valence-electron chi connectivity index (χ3n) is 1.63. The number of thiol groups is 1. The number of hydrogen-bond acceptors (Lipinski definition) is 3. The van der Waals surface area contributed by atoms with E-state index < -0.39 is 5.69 Å². The molecule has 3 nitrogen and oxygen atoms in total. The first-order chi connectivity index (χ1) is 8.31. The van der Waals surface area contributed by atoms with Crippen LogP contribution in [0.5, 0.6) is 5.75 Å². The van der Waals surface area contributed by atoms with Gasteiger partial charge >= 0.3 is 0 Å². The number of halogens is 2. The van der Waals surface area contributed by atoms with Crippen LogP contribution >= 0.6 is 49.8 Å². The molecule has 1 atom stereocenters. The maximum absolute atomic E-state index is 9.25. The SMILES string of the molecule is CCNCC.OP(=S)(S)Oc1c(Br)cccc1Br. The minimum Gasteiger partial charge on any atom is -0.434 e. The van der Waals surface area contributed by atoms with E-state index in [1.54, 1.807) is 12.1 Å². The van der Waals surface area contributed by atoms with Crippen molar-refractivity contribution in [3.05, 3.63) is 27.1 Å². The van der Waals surface area contributed by atoms with Crippen LogP contribution in [0.1, 0.15) is 13.8 Å². The van der Waals surface area contributed by atoms with E-state index in [-0.39, 0.29) is 0 Å². The van der Waals surface area contributed by atoms with E-state index in [0.717, 1.165) is 22.0 Å². The summed E-state index contributed by atoms with van der Waals surface area (Å²) in [5.41, 5.74) is -2.97. The quantitative estimate of drug-likeness (QED) is 0.484. The first-order valence-corrected chi connectivity index (χ1v) is 10.6. The molecular formula is C10H16Br2NO2PS2. The van der Waals surface area contributed by atoms with Crippen LogP contribution in [0.3, 0.4) is 0 Å². The van der Waals surface area contributed by atoms with E-state index in [1.807, 2.05) is 6.07 Å². The summed E-state index contributed by atoms with van der Waals surface area (Å²) >= 11 is 15.0. The fraction of sp³-hybridized carbons (Fsp3) is 0.400. The minimum absolute atomic E-state index is 0.475. The Morgan fingerprint density at radius 2 is 1.78 bits per heavy atom. The average molecular weight is 437 g/mol. The molecule has 1 unspecified atom stereocenters. The predicted octanol–water partition coefficient (Wildman–Crippen LogP) is 4.35. The summed E-state index contributed by atoms with van der Waals surface area (Å²) in [4.78, 5) is 9.25. The molecule has 2 N–H and O–H groups in total. The second-order valence-electron chi connectivity index (χ2n) is 3.09. The lowest BCUT2D eigenvalue weighted by Gasteiger charge is -2.13. The van der Waals surface area contributed by atoms with Crippen LogP contribution in [0.15, 0.2) is 27.1 Å². The zero-order chi connectivity index (χ0) is 14.2. The van der Waals surface area contributed by atoms with Gasteiger partial charge in [-0.2, -0.15) is 0 Å². The molecule has 0 bridgehead atoms. The van der Waals surface area contributed by atoms with Crippen LogP contribution in [0, 0.1) is 0 Å². The second kappa shape index (κ2) is 9.75. The summed E-state index contributed by atoms with van der Waals surface area (Å²) < 4.78 is 6.56. The highest BCUT2D eigenvalue weighted by Crippen LogP contribution is 2.50. The molecule has 1 aromatic carbocycles. The van der Waals surface area contributed by atoms with Crippen LogP contribution < -0.4 is 9.84 Å². The summed E-state index contributed by atoms with van der Waals surface area (Å²) in [6.07, 6.45) is 0. The van der Waals surface area contributed by atoms with Gasteiger partial charge in [0.25, 0.3) is 5.69 Å². The third-order valence-corrected chi connectivity index (χ3v) is 3.77. The minimum atomic E-state index is -2.97. The second-order valence-corrected chi connectivity index (χ2v) is 9.89. The smallest absolute Gasteiger partial charge is 0.291 e. The molecule has 104 valence electrons. The van der Waals surface area contributed by atoms with E-state index >= 15 is 0 Å². The Kier molecular flexibility index (Phi) is 10.2. The van der Waals surface area contributed by atoms with Gasteiger partial charge in [0.2, 0.25) is 0 Å². The van der Waals surface area contributed by atoms with Crippen LogP contribution in [-0.4, -0.2) is 18.0 Å². The molecule has 0 aliphatic rings. The number of para-hydroxylation sites is 1. The molecule has 0 heterocycles. The van der Waals surface area contributed by atoms with Crippen molar-refractivity contribution < 1.29 is 9.42 Å². The molecule has 0 aliphatic heterocycles. The summed E-state index contributed by atoms with van der Waals surface area (Å²) in [5.74, 6) is 0.475. The Morgan fingerprint density at radius 3 is 2.06 bits per heavy atom. The molecule has 1 aromatic rings. The molecule has 0 aliphatic carbocycles. The largest absolute Gasteiger partial charge is 0.434 e. The van der Waals surface area contributed by atoms with Crippen molar-refractivity contribution in [3.8, 4) is 5.75 Å². The van der Waals surface area contributed by atoms with Gasteiger partial charge in [0.1, 0.15) is 0 Å². The highest BCUT2D eigenvalue weighted by Gasteiger charge is 2.13. The predicted molar refractivity (Wildman–Crippen MR) is 92.2 cm³/mol. The molecule has 0 aromatic heterocycles. The van der Waals surface area contributed by atoms with Crippen molar-refractivity contribution in [2.75, 3.05) is 13.1 Å². The van der Waals surface area contributed by atoms with Gasteiger partial charge in [0.05, 0.1) is 8.95 Å². The highest BCUT2D eigenvalue weighted by molar-refractivity contribution is 9.11. The molecular weight excluding hydrogens is 421 g/mol. The monoisotopic (exact) mass is 435 g/mol. The van der Waals surface area contributed by atoms with Gasteiger partial charge in [-0.3, -0.25) is 0 Å². The van der Waals surface area contributed by atoms with E-state index in [4.69, 9.17) is 4.52 Å². The molecule has 0 spiro atoms. The van der Waals surface area contributed by atoms with Crippen molar-refractivity contribution in [2.24, 2.45) is 0 Å². The van der Waals surface area contributed by atoms with Crippen molar-refractivity contribution in [3.63, 3.8) is 0 Å². The van der Waals surface area contributed by atoms with Crippen molar-refractivity contribution in [1.29, 1.82) is 0 Å². The van der Waals surface area contributed by atoms with E-state index in [9.17, 15) is 4.89 Å². The van der Waals surface area contributed by atoms with Crippen LogP contribution in [-0.2, 0) is 11.8 Å². The molecule has 0 fully saturated rings. The van der Waals surface area contributed by atoms with Crippen molar-refractivity contribution in [2.45, 2.75) is 13.8 Å². The number of rotatable bonds is 4. The summed E-state index contributed by atoms with van der Waals surface area (Å²) in [7, 11) is 0. The Labute approximate surface area is 135 Å². The Balaban J connectivity index is 0.000000494.